The average Bonchev–Trinajstić information content (AvgIpc) is 3.04. The molecular formula is C17H15N5. The molecule has 1 aromatic carbocycles. The molecule has 0 atom stereocenters. The molecule has 0 bridgehead atoms. The van der Waals surface area contributed by atoms with E-state index in [0.717, 1.165) is 17.1 Å². The van der Waals surface area contributed by atoms with Crippen LogP contribution >= 0.6 is 0 Å². The molecule has 0 amide bonds. The molecule has 0 spiro atoms. The van der Waals surface area contributed by atoms with E-state index in [-0.39, 0.29) is 0 Å². The molecule has 3 aromatic rings. The predicted molar refractivity (Wildman–Crippen MR) is 84.6 cm³/mol. The first-order chi connectivity index (χ1) is 10.8. The molecule has 2 aromatic heterocycles. The summed E-state index contributed by atoms with van der Waals surface area (Å²) in [6.07, 6.45) is 5.45. The summed E-state index contributed by atoms with van der Waals surface area (Å²) in [4.78, 5) is 6.31. The number of rotatable bonds is 4. The Morgan fingerprint density at radius 2 is 1.95 bits per heavy atom. The highest BCUT2D eigenvalue weighted by molar-refractivity contribution is 5.42. The third-order valence-electron chi connectivity index (χ3n) is 3.34. The summed E-state index contributed by atoms with van der Waals surface area (Å²) in [5.74, 6) is 0.825. The van der Waals surface area contributed by atoms with Gasteiger partial charge in [0.2, 0.25) is 0 Å². The lowest BCUT2D eigenvalue weighted by Crippen LogP contribution is -2.17. The monoisotopic (exact) mass is 289 g/mol. The van der Waals surface area contributed by atoms with Crippen molar-refractivity contribution < 1.29 is 0 Å². The minimum Gasteiger partial charge on any atom is -0.355 e. The summed E-state index contributed by atoms with van der Waals surface area (Å²) in [5, 5.41) is 13.2. The molecule has 0 radical (unpaired) electrons. The van der Waals surface area contributed by atoms with Crippen LogP contribution in [0.3, 0.4) is 0 Å². The molecule has 3 rings (SSSR count). The van der Waals surface area contributed by atoms with E-state index >= 15 is 0 Å². The van der Waals surface area contributed by atoms with Gasteiger partial charge in [0.05, 0.1) is 17.4 Å². The van der Waals surface area contributed by atoms with Crippen LogP contribution in [-0.2, 0) is 6.54 Å². The second-order valence-electron chi connectivity index (χ2n) is 5.00. The third kappa shape index (κ3) is 2.96. The Balaban J connectivity index is 1.73. The minimum atomic E-state index is 0.564. The molecule has 0 unspecified atom stereocenters. The summed E-state index contributed by atoms with van der Waals surface area (Å²) in [6.45, 7) is 0.700. The number of nitrogens with zero attached hydrogens (tertiary/aromatic N) is 5. The summed E-state index contributed by atoms with van der Waals surface area (Å²) in [5.41, 5.74) is 2.69. The largest absolute Gasteiger partial charge is 0.355 e. The fourth-order valence-corrected chi connectivity index (χ4v) is 2.20. The predicted octanol–water partition coefficient (Wildman–Crippen LogP) is 2.78. The normalized spacial score (nSPS) is 10.2. The summed E-state index contributed by atoms with van der Waals surface area (Å²) in [7, 11) is 1.97. The highest BCUT2D eigenvalue weighted by Crippen LogP contribution is 2.14. The second-order valence-corrected chi connectivity index (χ2v) is 5.00. The number of nitriles is 1. The zero-order valence-corrected chi connectivity index (χ0v) is 12.2. The van der Waals surface area contributed by atoms with Crippen LogP contribution < -0.4 is 4.90 Å². The quantitative estimate of drug-likeness (QED) is 0.741. The van der Waals surface area contributed by atoms with Gasteiger partial charge in [-0.25, -0.2) is 9.67 Å². The molecule has 22 heavy (non-hydrogen) atoms. The number of anilines is 1. The molecule has 0 N–H and O–H groups in total. The van der Waals surface area contributed by atoms with Gasteiger partial charge in [0.15, 0.2) is 0 Å². The number of hydrogen-bond acceptors (Lipinski definition) is 4. The first-order valence-corrected chi connectivity index (χ1v) is 6.92. The molecule has 0 aliphatic carbocycles. The first kappa shape index (κ1) is 13.8. The Morgan fingerprint density at radius 3 is 2.64 bits per heavy atom. The maximum absolute atomic E-state index is 8.80. The zero-order chi connectivity index (χ0) is 15.4. The van der Waals surface area contributed by atoms with E-state index in [2.05, 4.69) is 16.2 Å². The number of hydrogen-bond donors (Lipinski definition) is 0. The van der Waals surface area contributed by atoms with Crippen LogP contribution in [0.25, 0.3) is 5.69 Å². The van der Waals surface area contributed by atoms with Gasteiger partial charge in [0, 0.05) is 31.5 Å². The van der Waals surface area contributed by atoms with Crippen LogP contribution in [0.15, 0.2) is 61.1 Å². The molecule has 5 nitrogen and oxygen atoms in total. The van der Waals surface area contributed by atoms with E-state index in [4.69, 9.17) is 5.26 Å². The Morgan fingerprint density at radius 1 is 1.14 bits per heavy atom. The highest BCUT2D eigenvalue weighted by Gasteiger charge is 2.06. The van der Waals surface area contributed by atoms with Gasteiger partial charge in [0.1, 0.15) is 11.9 Å². The molecule has 2 heterocycles. The standard InChI is InChI=1S/C17H15N5/c1-21(17-8-7-14(9-18)10-19-17)12-15-11-20-22(13-15)16-5-3-2-4-6-16/h2-8,10-11,13H,12H2,1H3. The molecule has 0 aliphatic rings. The fourth-order valence-electron chi connectivity index (χ4n) is 2.20. The third-order valence-corrected chi connectivity index (χ3v) is 3.34. The maximum atomic E-state index is 8.80. The lowest BCUT2D eigenvalue weighted by molar-refractivity contribution is 0.875. The summed E-state index contributed by atoms with van der Waals surface area (Å²) in [6, 6.07) is 15.7. The van der Waals surface area contributed by atoms with Crippen molar-refractivity contribution in [3.05, 3.63) is 72.2 Å². The van der Waals surface area contributed by atoms with Gasteiger partial charge in [-0.05, 0) is 24.3 Å². The van der Waals surface area contributed by atoms with Crippen LogP contribution in [0.2, 0.25) is 0 Å². The summed E-state index contributed by atoms with van der Waals surface area (Å²) < 4.78 is 1.86. The second kappa shape index (κ2) is 6.10. The van der Waals surface area contributed by atoms with Crippen molar-refractivity contribution in [3.63, 3.8) is 0 Å². The van der Waals surface area contributed by atoms with Crippen LogP contribution in [0.5, 0.6) is 0 Å². The smallest absolute Gasteiger partial charge is 0.128 e. The highest BCUT2D eigenvalue weighted by atomic mass is 15.3. The zero-order valence-electron chi connectivity index (χ0n) is 12.2. The van der Waals surface area contributed by atoms with Gasteiger partial charge in [-0.2, -0.15) is 10.4 Å². The minimum absolute atomic E-state index is 0.564. The Hall–Kier alpha value is -3.13. The van der Waals surface area contributed by atoms with Crippen molar-refractivity contribution in [2.24, 2.45) is 0 Å². The Bertz CT molecular complexity index is 784. The first-order valence-electron chi connectivity index (χ1n) is 6.92. The van der Waals surface area contributed by atoms with E-state index < -0.39 is 0 Å². The Labute approximate surface area is 129 Å². The van der Waals surface area contributed by atoms with Gasteiger partial charge in [0.25, 0.3) is 0 Å². The van der Waals surface area contributed by atoms with Crippen molar-refractivity contribution in [2.45, 2.75) is 6.54 Å². The molecular weight excluding hydrogens is 274 g/mol. The van der Waals surface area contributed by atoms with Gasteiger partial charge in [-0.3, -0.25) is 0 Å². The van der Waals surface area contributed by atoms with Crippen LogP contribution in [-0.4, -0.2) is 21.8 Å². The van der Waals surface area contributed by atoms with Crippen LogP contribution in [0.4, 0.5) is 5.82 Å². The van der Waals surface area contributed by atoms with E-state index in [1.807, 2.05) is 65.4 Å². The fraction of sp³-hybridized carbons (Fsp3) is 0.118. The molecule has 0 aliphatic heterocycles. The number of para-hydroxylation sites is 1. The van der Waals surface area contributed by atoms with Crippen molar-refractivity contribution in [1.82, 2.24) is 14.8 Å². The van der Waals surface area contributed by atoms with Crippen LogP contribution in [0.1, 0.15) is 11.1 Å². The molecule has 5 heteroatoms. The van der Waals surface area contributed by atoms with Gasteiger partial charge in [-0.15, -0.1) is 0 Å². The lowest BCUT2D eigenvalue weighted by Gasteiger charge is -2.16. The lowest BCUT2D eigenvalue weighted by atomic mass is 10.3. The van der Waals surface area contributed by atoms with Crippen molar-refractivity contribution >= 4 is 5.82 Å². The average molecular weight is 289 g/mol. The van der Waals surface area contributed by atoms with E-state index in [9.17, 15) is 0 Å². The molecule has 108 valence electrons. The molecule has 0 saturated carbocycles. The van der Waals surface area contributed by atoms with Crippen LogP contribution in [0, 0.1) is 11.3 Å². The van der Waals surface area contributed by atoms with Crippen molar-refractivity contribution in [2.75, 3.05) is 11.9 Å². The van der Waals surface area contributed by atoms with Crippen molar-refractivity contribution in [1.29, 1.82) is 5.26 Å². The van der Waals surface area contributed by atoms with E-state index in [1.165, 1.54) is 0 Å². The molecule has 0 saturated heterocycles. The molecule has 0 fully saturated rings. The number of aromatic nitrogens is 3. The maximum Gasteiger partial charge on any atom is 0.128 e. The van der Waals surface area contributed by atoms with Gasteiger partial charge in [-0.1, -0.05) is 18.2 Å². The van der Waals surface area contributed by atoms with E-state index in [0.29, 0.717) is 12.1 Å². The number of benzene rings is 1. The topological polar surface area (TPSA) is 57.7 Å². The van der Waals surface area contributed by atoms with E-state index in [1.54, 1.807) is 12.3 Å². The number of pyridine rings is 1. The van der Waals surface area contributed by atoms with Gasteiger partial charge < -0.3 is 4.90 Å². The van der Waals surface area contributed by atoms with Crippen molar-refractivity contribution in [3.8, 4) is 11.8 Å². The SMILES string of the molecule is CN(Cc1cnn(-c2ccccc2)c1)c1ccc(C#N)cn1. The summed E-state index contributed by atoms with van der Waals surface area (Å²) >= 11 is 0. The Kier molecular flexibility index (Phi) is 3.84. The van der Waals surface area contributed by atoms with Gasteiger partial charge >= 0.3 is 0 Å².